The molecule has 2 heteroatoms. The van der Waals surface area contributed by atoms with Crippen molar-refractivity contribution in [2.45, 2.75) is 31.8 Å². The summed E-state index contributed by atoms with van der Waals surface area (Å²) in [5.74, 6) is 1.03. The number of nitrogens with zero attached hydrogens (tertiary/aromatic N) is 2. The summed E-state index contributed by atoms with van der Waals surface area (Å²) in [7, 11) is 2.28. The molecule has 0 radical (unpaired) electrons. The van der Waals surface area contributed by atoms with Gasteiger partial charge in [-0.05, 0) is 44.3 Å². The molecule has 1 aliphatic heterocycles. The van der Waals surface area contributed by atoms with E-state index in [1.165, 1.54) is 44.5 Å². The van der Waals surface area contributed by atoms with Crippen LogP contribution in [-0.4, -0.2) is 42.5 Å². The zero-order chi connectivity index (χ0) is 12.4. The Labute approximate surface area is 111 Å². The lowest BCUT2D eigenvalue weighted by Crippen LogP contribution is -2.34. The fourth-order valence-corrected chi connectivity index (χ4v) is 3.00. The Morgan fingerprint density at radius 2 is 1.94 bits per heavy atom. The van der Waals surface area contributed by atoms with Crippen LogP contribution < -0.4 is 0 Å². The van der Waals surface area contributed by atoms with Gasteiger partial charge in [0.2, 0.25) is 0 Å². The van der Waals surface area contributed by atoms with Gasteiger partial charge in [0, 0.05) is 25.7 Å². The average molecular weight is 244 g/mol. The van der Waals surface area contributed by atoms with Crippen molar-refractivity contribution in [2.75, 3.05) is 26.7 Å². The number of benzene rings is 1. The SMILES string of the molecule is CN(Cc1ccccc1)C1CCN(CC2CC2)C1. The monoisotopic (exact) mass is 244 g/mol. The van der Waals surface area contributed by atoms with Gasteiger partial charge < -0.3 is 4.90 Å². The molecule has 3 rings (SSSR count). The lowest BCUT2D eigenvalue weighted by Gasteiger charge is -2.24. The molecule has 0 amide bonds. The van der Waals surface area contributed by atoms with Crippen LogP contribution in [0.2, 0.25) is 0 Å². The first-order chi connectivity index (χ1) is 8.81. The van der Waals surface area contributed by atoms with Crippen LogP contribution in [0.15, 0.2) is 30.3 Å². The highest BCUT2D eigenvalue weighted by Crippen LogP contribution is 2.31. The van der Waals surface area contributed by atoms with Gasteiger partial charge in [-0.1, -0.05) is 30.3 Å². The maximum absolute atomic E-state index is 2.67. The van der Waals surface area contributed by atoms with E-state index < -0.39 is 0 Å². The molecule has 1 unspecified atom stereocenters. The molecule has 98 valence electrons. The maximum Gasteiger partial charge on any atom is 0.0235 e. The minimum atomic E-state index is 0.754. The fraction of sp³-hybridized carbons (Fsp3) is 0.625. The van der Waals surface area contributed by atoms with Crippen molar-refractivity contribution < 1.29 is 0 Å². The molecule has 1 aromatic rings. The Kier molecular flexibility index (Phi) is 3.67. The molecule has 0 spiro atoms. The second-order valence-corrected chi connectivity index (χ2v) is 6.05. The van der Waals surface area contributed by atoms with Gasteiger partial charge >= 0.3 is 0 Å². The van der Waals surface area contributed by atoms with Crippen LogP contribution in [0.4, 0.5) is 0 Å². The van der Waals surface area contributed by atoms with Crippen LogP contribution in [-0.2, 0) is 6.54 Å². The van der Waals surface area contributed by atoms with Gasteiger partial charge in [-0.2, -0.15) is 0 Å². The molecule has 1 aliphatic carbocycles. The van der Waals surface area contributed by atoms with E-state index >= 15 is 0 Å². The average Bonchev–Trinajstić information content (AvgIpc) is 3.06. The molecule has 0 bridgehead atoms. The molecule has 0 aromatic heterocycles. The molecule has 1 heterocycles. The van der Waals surface area contributed by atoms with Gasteiger partial charge in [0.1, 0.15) is 0 Å². The fourth-order valence-electron chi connectivity index (χ4n) is 3.00. The molecule has 1 saturated carbocycles. The third kappa shape index (κ3) is 3.12. The predicted molar refractivity (Wildman–Crippen MR) is 75.5 cm³/mol. The van der Waals surface area contributed by atoms with Crippen molar-refractivity contribution in [1.82, 2.24) is 9.80 Å². The Hall–Kier alpha value is -0.860. The van der Waals surface area contributed by atoms with Crippen LogP contribution >= 0.6 is 0 Å². The summed E-state index contributed by atoms with van der Waals surface area (Å²) >= 11 is 0. The zero-order valence-electron chi connectivity index (χ0n) is 11.4. The minimum absolute atomic E-state index is 0.754. The summed E-state index contributed by atoms with van der Waals surface area (Å²) in [5, 5.41) is 0. The number of likely N-dealkylation sites (tertiary alicyclic amines) is 1. The smallest absolute Gasteiger partial charge is 0.0235 e. The highest BCUT2D eigenvalue weighted by Gasteiger charge is 2.30. The molecular formula is C16H24N2. The molecule has 2 nitrogen and oxygen atoms in total. The van der Waals surface area contributed by atoms with Gasteiger partial charge in [-0.3, -0.25) is 4.90 Å². The lowest BCUT2D eigenvalue weighted by atomic mass is 10.1. The van der Waals surface area contributed by atoms with E-state index in [0.717, 1.165) is 18.5 Å². The summed E-state index contributed by atoms with van der Waals surface area (Å²) in [5.41, 5.74) is 1.43. The van der Waals surface area contributed by atoms with Gasteiger partial charge in [0.25, 0.3) is 0 Å². The van der Waals surface area contributed by atoms with Crippen LogP contribution in [0, 0.1) is 5.92 Å². The molecule has 0 N–H and O–H groups in total. The van der Waals surface area contributed by atoms with Crippen molar-refractivity contribution in [3.63, 3.8) is 0 Å². The van der Waals surface area contributed by atoms with Gasteiger partial charge in [-0.25, -0.2) is 0 Å². The zero-order valence-corrected chi connectivity index (χ0v) is 11.4. The van der Waals surface area contributed by atoms with Gasteiger partial charge in [-0.15, -0.1) is 0 Å². The topological polar surface area (TPSA) is 6.48 Å². The molecule has 1 atom stereocenters. The number of likely N-dealkylation sites (N-methyl/N-ethyl adjacent to an activating group) is 1. The van der Waals surface area contributed by atoms with Crippen molar-refractivity contribution in [2.24, 2.45) is 5.92 Å². The first kappa shape index (κ1) is 12.2. The number of hydrogen-bond acceptors (Lipinski definition) is 2. The normalized spacial score (nSPS) is 24.9. The highest BCUT2D eigenvalue weighted by molar-refractivity contribution is 5.14. The van der Waals surface area contributed by atoms with Crippen LogP contribution in [0.3, 0.4) is 0 Å². The predicted octanol–water partition coefficient (Wildman–Crippen LogP) is 2.60. The summed E-state index contributed by atoms with van der Waals surface area (Å²) < 4.78 is 0. The Morgan fingerprint density at radius 1 is 1.17 bits per heavy atom. The third-order valence-electron chi connectivity index (χ3n) is 4.36. The quantitative estimate of drug-likeness (QED) is 0.785. The first-order valence-electron chi connectivity index (χ1n) is 7.28. The largest absolute Gasteiger partial charge is 0.301 e. The van der Waals surface area contributed by atoms with E-state index in [9.17, 15) is 0 Å². The van der Waals surface area contributed by atoms with E-state index in [1.54, 1.807) is 0 Å². The molecule has 1 aromatic carbocycles. The van der Waals surface area contributed by atoms with E-state index in [1.807, 2.05) is 0 Å². The van der Waals surface area contributed by atoms with Crippen molar-refractivity contribution >= 4 is 0 Å². The minimum Gasteiger partial charge on any atom is -0.301 e. The summed E-state index contributed by atoms with van der Waals surface area (Å²) in [4.78, 5) is 5.20. The second-order valence-electron chi connectivity index (χ2n) is 6.05. The number of rotatable bonds is 5. The van der Waals surface area contributed by atoms with Crippen LogP contribution in [0.1, 0.15) is 24.8 Å². The summed E-state index contributed by atoms with van der Waals surface area (Å²) in [6.07, 6.45) is 4.29. The van der Waals surface area contributed by atoms with E-state index in [0.29, 0.717) is 0 Å². The second kappa shape index (κ2) is 5.41. The molecule has 2 fully saturated rings. The van der Waals surface area contributed by atoms with Gasteiger partial charge in [0.05, 0.1) is 0 Å². The summed E-state index contributed by atoms with van der Waals surface area (Å²) in [6, 6.07) is 11.6. The van der Waals surface area contributed by atoms with Crippen LogP contribution in [0.25, 0.3) is 0 Å². The third-order valence-corrected chi connectivity index (χ3v) is 4.36. The standard InChI is InChI=1S/C16H24N2/c1-17(11-14-5-3-2-4-6-14)16-9-10-18(13-16)12-15-7-8-15/h2-6,15-16H,7-13H2,1H3. The molecule has 1 saturated heterocycles. The van der Waals surface area contributed by atoms with Gasteiger partial charge in [0.15, 0.2) is 0 Å². The molecule has 2 aliphatic rings. The maximum atomic E-state index is 2.67. The molecular weight excluding hydrogens is 220 g/mol. The molecule has 18 heavy (non-hydrogen) atoms. The Balaban J connectivity index is 1.49. The highest BCUT2D eigenvalue weighted by atomic mass is 15.2. The van der Waals surface area contributed by atoms with Crippen LogP contribution in [0.5, 0.6) is 0 Å². The lowest BCUT2D eigenvalue weighted by molar-refractivity contribution is 0.222. The van der Waals surface area contributed by atoms with E-state index in [4.69, 9.17) is 0 Å². The Bertz CT molecular complexity index is 372. The summed E-state index contributed by atoms with van der Waals surface area (Å²) in [6.45, 7) is 5.03. The van der Waals surface area contributed by atoms with Crippen molar-refractivity contribution in [1.29, 1.82) is 0 Å². The van der Waals surface area contributed by atoms with Crippen molar-refractivity contribution in [3.05, 3.63) is 35.9 Å². The Morgan fingerprint density at radius 3 is 2.67 bits per heavy atom. The van der Waals surface area contributed by atoms with E-state index in [-0.39, 0.29) is 0 Å². The first-order valence-corrected chi connectivity index (χ1v) is 7.28. The number of hydrogen-bond donors (Lipinski definition) is 0. The van der Waals surface area contributed by atoms with Crippen molar-refractivity contribution in [3.8, 4) is 0 Å². The van der Waals surface area contributed by atoms with E-state index in [2.05, 4.69) is 47.2 Å².